The summed E-state index contributed by atoms with van der Waals surface area (Å²) in [5.41, 5.74) is 0. The van der Waals surface area contributed by atoms with Crippen LogP contribution in [0.2, 0.25) is 0 Å². The summed E-state index contributed by atoms with van der Waals surface area (Å²) in [5.74, 6) is -1.02. The van der Waals surface area contributed by atoms with Crippen LogP contribution >= 0.6 is 0 Å². The molecule has 1 heterocycles. The number of hydrogen-bond acceptors (Lipinski definition) is 3. The number of aliphatic carboxylic acids is 1. The van der Waals surface area contributed by atoms with Crippen LogP contribution in [0.15, 0.2) is 25.4 Å². The van der Waals surface area contributed by atoms with Crippen molar-refractivity contribution in [2.24, 2.45) is 0 Å². The van der Waals surface area contributed by atoms with Crippen molar-refractivity contribution in [3.63, 3.8) is 0 Å². The molecule has 1 amide bonds. The molecule has 1 aliphatic rings. The molecule has 0 atom stereocenters. The third kappa shape index (κ3) is 6.88. The maximum absolute atomic E-state index is 10.7. The Labute approximate surface area is 106 Å². The number of carbonyl (C=O) groups is 2. The fourth-order valence-corrected chi connectivity index (χ4v) is 0.862. The predicted octanol–water partition coefficient (Wildman–Crippen LogP) is -3.32. The molecule has 1 aliphatic heterocycles. The Morgan fingerprint density at radius 2 is 2.00 bits per heavy atom. The van der Waals surface area contributed by atoms with E-state index in [0.717, 1.165) is 19.0 Å². The molecule has 72 valence electrons. The average molecular weight is 205 g/mol. The standard InChI is InChI=1S/C6H9NO.C3H4O2.Na/c1-2-7-5-3-4-6(7)8;1-2-3(4)5;/h2H,1,3-5H2;2H,1H2,(H,4,5);/q;;+1/p-1. The maximum Gasteiger partial charge on any atom is 1.00 e. The number of carboxylic acids is 1. The molecule has 0 bridgehead atoms. The molecule has 4 nitrogen and oxygen atoms in total. The number of amides is 1. The first kappa shape index (κ1) is 15.9. The average Bonchev–Trinajstić information content (AvgIpc) is 2.52. The first-order valence-electron chi connectivity index (χ1n) is 3.87. The second kappa shape index (κ2) is 8.99. The van der Waals surface area contributed by atoms with Crippen LogP contribution in [-0.4, -0.2) is 23.3 Å². The van der Waals surface area contributed by atoms with Gasteiger partial charge < -0.3 is 14.8 Å². The number of carbonyl (C=O) groups excluding carboxylic acids is 2. The van der Waals surface area contributed by atoms with Crippen molar-refractivity contribution >= 4 is 11.9 Å². The molecule has 14 heavy (non-hydrogen) atoms. The van der Waals surface area contributed by atoms with Gasteiger partial charge in [-0.15, -0.1) is 0 Å². The van der Waals surface area contributed by atoms with Gasteiger partial charge in [-0.2, -0.15) is 0 Å². The van der Waals surface area contributed by atoms with Gasteiger partial charge in [-0.3, -0.25) is 4.79 Å². The van der Waals surface area contributed by atoms with E-state index < -0.39 is 5.97 Å². The van der Waals surface area contributed by atoms with Gasteiger partial charge in [0.1, 0.15) is 0 Å². The van der Waals surface area contributed by atoms with Crippen molar-refractivity contribution in [3.8, 4) is 0 Å². The Bertz CT molecular complexity index is 228. The Balaban J connectivity index is 0. The van der Waals surface area contributed by atoms with Crippen LogP contribution in [0.4, 0.5) is 0 Å². The predicted molar refractivity (Wildman–Crippen MR) is 46.3 cm³/mol. The molecule has 0 N–H and O–H groups in total. The van der Waals surface area contributed by atoms with E-state index in [1.54, 1.807) is 11.1 Å². The second-order valence-electron chi connectivity index (χ2n) is 2.40. The number of rotatable bonds is 2. The topological polar surface area (TPSA) is 60.4 Å². The Kier molecular flexibility index (Phi) is 10.2. The van der Waals surface area contributed by atoms with Crippen molar-refractivity contribution < 1.29 is 44.3 Å². The van der Waals surface area contributed by atoms with Crippen LogP contribution in [0.5, 0.6) is 0 Å². The van der Waals surface area contributed by atoms with Crippen LogP contribution in [0, 0.1) is 0 Å². The summed E-state index contributed by atoms with van der Waals surface area (Å²) in [7, 11) is 0. The van der Waals surface area contributed by atoms with Crippen LogP contribution in [0.25, 0.3) is 0 Å². The molecule has 0 aliphatic carbocycles. The first-order chi connectivity index (χ1) is 6.11. The van der Waals surface area contributed by atoms with Crippen molar-refractivity contribution in [3.05, 3.63) is 25.4 Å². The van der Waals surface area contributed by atoms with Crippen molar-refractivity contribution in [1.29, 1.82) is 0 Å². The molecule has 5 heteroatoms. The molecule has 0 aromatic carbocycles. The fraction of sp³-hybridized carbons (Fsp3) is 0.333. The largest absolute Gasteiger partial charge is 1.00 e. The zero-order valence-electron chi connectivity index (χ0n) is 8.36. The molecule has 0 aromatic rings. The van der Waals surface area contributed by atoms with Gasteiger partial charge >= 0.3 is 29.6 Å². The number of nitrogens with zero attached hydrogens (tertiary/aromatic N) is 1. The van der Waals surface area contributed by atoms with Gasteiger partial charge in [0.05, 0.1) is 5.97 Å². The molecule has 0 radical (unpaired) electrons. The third-order valence-electron chi connectivity index (χ3n) is 1.50. The monoisotopic (exact) mass is 205 g/mol. The summed E-state index contributed by atoms with van der Waals surface area (Å²) in [6.45, 7) is 7.26. The molecule has 1 saturated heterocycles. The van der Waals surface area contributed by atoms with Crippen molar-refractivity contribution in [1.82, 2.24) is 4.90 Å². The summed E-state index contributed by atoms with van der Waals surface area (Å²) in [4.78, 5) is 21.5. The maximum atomic E-state index is 10.7. The molecular weight excluding hydrogens is 193 g/mol. The van der Waals surface area contributed by atoms with E-state index >= 15 is 0 Å². The third-order valence-corrected chi connectivity index (χ3v) is 1.50. The van der Waals surface area contributed by atoms with E-state index in [0.29, 0.717) is 6.42 Å². The van der Waals surface area contributed by atoms with E-state index in [1.165, 1.54) is 0 Å². The van der Waals surface area contributed by atoms with Crippen LogP contribution in [0.1, 0.15) is 12.8 Å². The Morgan fingerprint density at radius 3 is 2.14 bits per heavy atom. The SMILES string of the molecule is C=CC(=O)[O-].C=CN1CCCC1=O.[Na+]. The van der Waals surface area contributed by atoms with Gasteiger partial charge in [-0.1, -0.05) is 13.2 Å². The molecule has 1 fully saturated rings. The van der Waals surface area contributed by atoms with Crippen molar-refractivity contribution in [2.75, 3.05) is 6.54 Å². The first-order valence-corrected chi connectivity index (χ1v) is 3.87. The minimum atomic E-state index is -1.23. The Morgan fingerprint density at radius 1 is 1.50 bits per heavy atom. The van der Waals surface area contributed by atoms with Crippen LogP contribution in [-0.2, 0) is 9.59 Å². The van der Waals surface area contributed by atoms with Gasteiger partial charge in [0.2, 0.25) is 5.91 Å². The molecule has 0 aromatic heterocycles. The summed E-state index contributed by atoms with van der Waals surface area (Å²) in [6.07, 6.45) is 4.01. The number of hydrogen-bond donors (Lipinski definition) is 0. The normalized spacial score (nSPS) is 13.4. The zero-order chi connectivity index (χ0) is 10.3. The van der Waals surface area contributed by atoms with Crippen LogP contribution < -0.4 is 34.7 Å². The van der Waals surface area contributed by atoms with Crippen molar-refractivity contribution in [2.45, 2.75) is 12.8 Å². The molecule has 0 unspecified atom stereocenters. The smallest absolute Gasteiger partial charge is 0.545 e. The Hall–Kier alpha value is -0.580. The van der Waals surface area contributed by atoms with Gasteiger partial charge in [-0.05, 0) is 18.7 Å². The number of likely N-dealkylation sites (tertiary alicyclic amines) is 1. The summed E-state index contributed by atoms with van der Waals surface area (Å²) in [6, 6.07) is 0. The van der Waals surface area contributed by atoms with E-state index in [4.69, 9.17) is 9.90 Å². The second-order valence-corrected chi connectivity index (χ2v) is 2.40. The van der Waals surface area contributed by atoms with Gasteiger partial charge in [-0.25, -0.2) is 0 Å². The van der Waals surface area contributed by atoms with E-state index in [9.17, 15) is 4.79 Å². The van der Waals surface area contributed by atoms with E-state index in [-0.39, 0.29) is 35.5 Å². The zero-order valence-corrected chi connectivity index (χ0v) is 10.4. The minimum Gasteiger partial charge on any atom is -0.545 e. The van der Waals surface area contributed by atoms with Crippen LogP contribution in [0.3, 0.4) is 0 Å². The van der Waals surface area contributed by atoms with Gasteiger partial charge in [0.25, 0.3) is 0 Å². The van der Waals surface area contributed by atoms with Gasteiger partial charge in [0, 0.05) is 13.0 Å². The minimum absolute atomic E-state index is 0. The molecular formula is C9H12NNaO3. The summed E-state index contributed by atoms with van der Waals surface area (Å²) >= 11 is 0. The fourth-order valence-electron chi connectivity index (χ4n) is 0.862. The molecule has 0 spiro atoms. The van der Waals surface area contributed by atoms with E-state index in [2.05, 4.69) is 13.2 Å². The molecule has 1 rings (SSSR count). The summed E-state index contributed by atoms with van der Waals surface area (Å²) < 4.78 is 0. The summed E-state index contributed by atoms with van der Waals surface area (Å²) in [5, 5.41) is 9.14. The van der Waals surface area contributed by atoms with E-state index in [1.807, 2.05) is 0 Å². The number of carboxylic acid groups (broad SMARTS) is 1. The van der Waals surface area contributed by atoms with Gasteiger partial charge in [0.15, 0.2) is 0 Å². The molecule has 0 saturated carbocycles. The quantitative estimate of drug-likeness (QED) is 0.350.